The summed E-state index contributed by atoms with van der Waals surface area (Å²) in [6, 6.07) is 4.30. The van der Waals surface area contributed by atoms with Gasteiger partial charge in [-0.3, -0.25) is 4.98 Å². The molecule has 1 unspecified atom stereocenters. The van der Waals surface area contributed by atoms with Gasteiger partial charge in [0.25, 0.3) is 0 Å². The SMILES string of the molecule is Cc1ccnc(C(C)C2CCNCC2)c1. The van der Waals surface area contributed by atoms with Gasteiger partial charge in [-0.15, -0.1) is 0 Å². The molecule has 0 aliphatic carbocycles. The first-order valence-corrected chi connectivity index (χ1v) is 5.90. The van der Waals surface area contributed by atoms with E-state index in [4.69, 9.17) is 0 Å². The molecule has 1 atom stereocenters. The predicted molar refractivity (Wildman–Crippen MR) is 63.0 cm³/mol. The number of piperidine rings is 1. The molecular weight excluding hydrogens is 184 g/mol. The zero-order valence-electron chi connectivity index (χ0n) is 9.66. The Balaban J connectivity index is 2.08. The average Bonchev–Trinajstić information content (AvgIpc) is 2.29. The van der Waals surface area contributed by atoms with Gasteiger partial charge < -0.3 is 5.32 Å². The maximum Gasteiger partial charge on any atom is 0.0437 e. The summed E-state index contributed by atoms with van der Waals surface area (Å²) < 4.78 is 0. The van der Waals surface area contributed by atoms with Crippen molar-refractivity contribution in [2.24, 2.45) is 5.92 Å². The molecule has 1 aromatic heterocycles. The second kappa shape index (κ2) is 4.75. The third-order valence-corrected chi connectivity index (χ3v) is 3.49. The van der Waals surface area contributed by atoms with Crippen molar-refractivity contribution in [1.82, 2.24) is 10.3 Å². The lowest BCUT2D eigenvalue weighted by molar-refractivity contribution is 0.327. The van der Waals surface area contributed by atoms with E-state index in [9.17, 15) is 0 Å². The highest BCUT2D eigenvalue weighted by molar-refractivity contribution is 5.18. The predicted octanol–water partition coefficient (Wildman–Crippen LogP) is 2.49. The van der Waals surface area contributed by atoms with Crippen LogP contribution in [-0.2, 0) is 0 Å². The van der Waals surface area contributed by atoms with Gasteiger partial charge in [0.05, 0.1) is 0 Å². The Labute approximate surface area is 92.1 Å². The van der Waals surface area contributed by atoms with Crippen LogP contribution in [-0.4, -0.2) is 18.1 Å². The van der Waals surface area contributed by atoms with Gasteiger partial charge in [-0.25, -0.2) is 0 Å². The number of aryl methyl sites for hydroxylation is 1. The highest BCUT2D eigenvalue weighted by Gasteiger charge is 2.21. The smallest absolute Gasteiger partial charge is 0.0437 e. The van der Waals surface area contributed by atoms with Crippen LogP contribution in [0, 0.1) is 12.8 Å². The fourth-order valence-corrected chi connectivity index (χ4v) is 2.39. The Morgan fingerprint density at radius 3 is 2.80 bits per heavy atom. The molecule has 1 fully saturated rings. The van der Waals surface area contributed by atoms with Crippen LogP contribution in [0.4, 0.5) is 0 Å². The first-order valence-electron chi connectivity index (χ1n) is 5.90. The van der Waals surface area contributed by atoms with Crippen molar-refractivity contribution in [2.75, 3.05) is 13.1 Å². The number of rotatable bonds is 2. The third-order valence-electron chi connectivity index (χ3n) is 3.49. The Kier molecular flexibility index (Phi) is 3.37. The van der Waals surface area contributed by atoms with E-state index >= 15 is 0 Å². The van der Waals surface area contributed by atoms with Crippen molar-refractivity contribution in [1.29, 1.82) is 0 Å². The van der Waals surface area contributed by atoms with Gasteiger partial charge in [0.15, 0.2) is 0 Å². The van der Waals surface area contributed by atoms with Crippen LogP contribution in [0.25, 0.3) is 0 Å². The van der Waals surface area contributed by atoms with E-state index in [1.165, 1.54) is 37.2 Å². The Bertz CT molecular complexity index is 316. The minimum atomic E-state index is 0.604. The van der Waals surface area contributed by atoms with Crippen LogP contribution < -0.4 is 5.32 Å². The molecule has 0 spiro atoms. The fourth-order valence-electron chi connectivity index (χ4n) is 2.39. The summed E-state index contributed by atoms with van der Waals surface area (Å²) in [4.78, 5) is 4.49. The van der Waals surface area contributed by atoms with E-state index in [0.29, 0.717) is 5.92 Å². The van der Waals surface area contributed by atoms with Crippen molar-refractivity contribution >= 4 is 0 Å². The molecule has 1 aromatic rings. The van der Waals surface area contributed by atoms with Crippen molar-refractivity contribution in [2.45, 2.75) is 32.6 Å². The lowest BCUT2D eigenvalue weighted by Crippen LogP contribution is -2.30. The summed E-state index contributed by atoms with van der Waals surface area (Å²) in [5.41, 5.74) is 2.59. The van der Waals surface area contributed by atoms with Crippen molar-refractivity contribution in [3.05, 3.63) is 29.6 Å². The molecule has 82 valence electrons. The zero-order valence-corrected chi connectivity index (χ0v) is 9.66. The maximum atomic E-state index is 4.49. The number of hydrogen-bond acceptors (Lipinski definition) is 2. The van der Waals surface area contributed by atoms with E-state index < -0.39 is 0 Å². The van der Waals surface area contributed by atoms with Crippen LogP contribution in [0.15, 0.2) is 18.3 Å². The van der Waals surface area contributed by atoms with E-state index in [-0.39, 0.29) is 0 Å². The second-order valence-electron chi connectivity index (χ2n) is 4.63. The first-order chi connectivity index (χ1) is 7.27. The summed E-state index contributed by atoms with van der Waals surface area (Å²) in [7, 11) is 0. The van der Waals surface area contributed by atoms with E-state index in [2.05, 4.69) is 36.3 Å². The van der Waals surface area contributed by atoms with Crippen molar-refractivity contribution in [3.63, 3.8) is 0 Å². The summed E-state index contributed by atoms with van der Waals surface area (Å²) in [6.07, 6.45) is 4.51. The van der Waals surface area contributed by atoms with Gasteiger partial charge in [-0.05, 0) is 56.5 Å². The van der Waals surface area contributed by atoms with E-state index in [1.54, 1.807) is 0 Å². The van der Waals surface area contributed by atoms with Crippen molar-refractivity contribution < 1.29 is 0 Å². The largest absolute Gasteiger partial charge is 0.317 e. The molecule has 2 nitrogen and oxygen atoms in total. The highest BCUT2D eigenvalue weighted by Crippen LogP contribution is 2.29. The Hall–Kier alpha value is -0.890. The molecule has 0 amide bonds. The third kappa shape index (κ3) is 2.57. The molecule has 0 bridgehead atoms. The van der Waals surface area contributed by atoms with Gasteiger partial charge in [-0.1, -0.05) is 6.92 Å². The standard InChI is InChI=1S/C13H20N2/c1-10-3-8-15-13(9-10)11(2)12-4-6-14-7-5-12/h3,8-9,11-12,14H,4-7H2,1-2H3. The monoisotopic (exact) mass is 204 g/mol. The Morgan fingerprint density at radius 2 is 2.13 bits per heavy atom. The number of pyridine rings is 1. The lowest BCUT2D eigenvalue weighted by atomic mass is 9.83. The van der Waals surface area contributed by atoms with E-state index in [0.717, 1.165) is 5.92 Å². The minimum Gasteiger partial charge on any atom is -0.317 e. The Morgan fingerprint density at radius 1 is 1.40 bits per heavy atom. The topological polar surface area (TPSA) is 24.9 Å². The lowest BCUT2D eigenvalue weighted by Gasteiger charge is -2.28. The molecule has 1 aliphatic rings. The molecule has 1 N–H and O–H groups in total. The normalized spacial score (nSPS) is 20.1. The minimum absolute atomic E-state index is 0.604. The molecule has 0 saturated carbocycles. The van der Waals surface area contributed by atoms with Gasteiger partial charge in [0, 0.05) is 17.8 Å². The molecule has 0 radical (unpaired) electrons. The summed E-state index contributed by atoms with van der Waals surface area (Å²) in [6.45, 7) is 6.79. The molecule has 0 aromatic carbocycles. The summed E-state index contributed by atoms with van der Waals surface area (Å²) in [5, 5.41) is 3.41. The zero-order chi connectivity index (χ0) is 10.7. The molecule has 2 heterocycles. The van der Waals surface area contributed by atoms with Crippen LogP contribution in [0.1, 0.15) is 36.9 Å². The van der Waals surface area contributed by atoms with Gasteiger partial charge in [0.1, 0.15) is 0 Å². The molecular formula is C13H20N2. The fraction of sp³-hybridized carbons (Fsp3) is 0.615. The average molecular weight is 204 g/mol. The highest BCUT2D eigenvalue weighted by atomic mass is 14.9. The molecule has 1 saturated heterocycles. The molecule has 15 heavy (non-hydrogen) atoms. The van der Waals surface area contributed by atoms with Gasteiger partial charge in [0.2, 0.25) is 0 Å². The number of hydrogen-bond donors (Lipinski definition) is 1. The van der Waals surface area contributed by atoms with Crippen LogP contribution >= 0.6 is 0 Å². The van der Waals surface area contributed by atoms with Gasteiger partial charge in [-0.2, -0.15) is 0 Å². The van der Waals surface area contributed by atoms with Crippen LogP contribution in [0.3, 0.4) is 0 Å². The second-order valence-corrected chi connectivity index (χ2v) is 4.63. The molecule has 2 rings (SSSR count). The maximum absolute atomic E-state index is 4.49. The first kappa shape index (κ1) is 10.6. The number of aromatic nitrogens is 1. The summed E-state index contributed by atoms with van der Waals surface area (Å²) >= 11 is 0. The quantitative estimate of drug-likeness (QED) is 0.800. The van der Waals surface area contributed by atoms with Crippen LogP contribution in [0.5, 0.6) is 0 Å². The summed E-state index contributed by atoms with van der Waals surface area (Å²) in [5.74, 6) is 1.41. The van der Waals surface area contributed by atoms with Gasteiger partial charge >= 0.3 is 0 Å². The molecule has 2 heteroatoms. The number of nitrogens with one attached hydrogen (secondary N) is 1. The van der Waals surface area contributed by atoms with E-state index in [1.807, 2.05) is 6.20 Å². The number of nitrogens with zero attached hydrogens (tertiary/aromatic N) is 1. The van der Waals surface area contributed by atoms with Crippen molar-refractivity contribution in [3.8, 4) is 0 Å². The van der Waals surface area contributed by atoms with Crippen LogP contribution in [0.2, 0.25) is 0 Å². The molecule has 1 aliphatic heterocycles.